The van der Waals surface area contributed by atoms with E-state index in [0.29, 0.717) is 5.56 Å². The normalized spacial score (nSPS) is 12.2. The molecule has 0 aromatic heterocycles. The quantitative estimate of drug-likeness (QED) is 0.843. The summed E-state index contributed by atoms with van der Waals surface area (Å²) in [6, 6.07) is 5.31. The molecule has 0 spiro atoms. The lowest BCUT2D eigenvalue weighted by atomic mass is 10.00. The van der Waals surface area contributed by atoms with E-state index in [1.807, 2.05) is 12.1 Å². The standard InChI is InChI=1S/C15H25FN2/c1-12-10-13(6-7-14(12)16)11-18(4)9-5-8-15(2,3)17/h6-7,10H,5,8-9,11,17H2,1-4H3. The highest BCUT2D eigenvalue weighted by atomic mass is 19.1. The molecular formula is C15H25FN2. The molecule has 2 N–H and O–H groups in total. The lowest BCUT2D eigenvalue weighted by Crippen LogP contribution is -2.33. The molecular weight excluding hydrogens is 227 g/mol. The van der Waals surface area contributed by atoms with E-state index in [9.17, 15) is 4.39 Å². The van der Waals surface area contributed by atoms with Gasteiger partial charge < -0.3 is 10.6 Å². The van der Waals surface area contributed by atoms with E-state index >= 15 is 0 Å². The first-order valence-electron chi connectivity index (χ1n) is 6.50. The molecule has 0 saturated heterocycles. The van der Waals surface area contributed by atoms with Crippen LogP contribution in [0.25, 0.3) is 0 Å². The second-order valence-corrected chi connectivity index (χ2v) is 5.91. The maximum atomic E-state index is 13.1. The fourth-order valence-corrected chi connectivity index (χ4v) is 2.00. The third-order valence-electron chi connectivity index (χ3n) is 3.04. The molecule has 0 bridgehead atoms. The van der Waals surface area contributed by atoms with Crippen molar-refractivity contribution in [2.45, 2.75) is 45.7 Å². The molecule has 2 nitrogen and oxygen atoms in total. The Morgan fingerprint density at radius 2 is 2.00 bits per heavy atom. The smallest absolute Gasteiger partial charge is 0.126 e. The van der Waals surface area contributed by atoms with Gasteiger partial charge in [-0.15, -0.1) is 0 Å². The van der Waals surface area contributed by atoms with Gasteiger partial charge in [0, 0.05) is 12.1 Å². The van der Waals surface area contributed by atoms with Gasteiger partial charge >= 0.3 is 0 Å². The Morgan fingerprint density at radius 3 is 2.56 bits per heavy atom. The maximum Gasteiger partial charge on any atom is 0.126 e. The zero-order valence-corrected chi connectivity index (χ0v) is 12.0. The third-order valence-corrected chi connectivity index (χ3v) is 3.04. The minimum Gasteiger partial charge on any atom is -0.326 e. The fourth-order valence-electron chi connectivity index (χ4n) is 2.00. The van der Waals surface area contributed by atoms with E-state index in [4.69, 9.17) is 5.73 Å². The third kappa shape index (κ3) is 5.61. The maximum absolute atomic E-state index is 13.1. The number of benzene rings is 1. The first kappa shape index (κ1) is 15.1. The summed E-state index contributed by atoms with van der Waals surface area (Å²) < 4.78 is 13.1. The van der Waals surface area contributed by atoms with Gasteiger partial charge in [0.25, 0.3) is 0 Å². The molecule has 1 aromatic carbocycles. The van der Waals surface area contributed by atoms with Crippen molar-refractivity contribution in [3.05, 3.63) is 35.1 Å². The van der Waals surface area contributed by atoms with Crippen molar-refractivity contribution in [2.24, 2.45) is 5.73 Å². The number of rotatable bonds is 6. The summed E-state index contributed by atoms with van der Waals surface area (Å²) in [5.41, 5.74) is 7.73. The molecule has 3 heteroatoms. The van der Waals surface area contributed by atoms with Crippen molar-refractivity contribution < 1.29 is 4.39 Å². The van der Waals surface area contributed by atoms with E-state index < -0.39 is 0 Å². The molecule has 0 aliphatic heterocycles. The van der Waals surface area contributed by atoms with Crippen LogP contribution in [0, 0.1) is 12.7 Å². The summed E-state index contributed by atoms with van der Waals surface area (Å²) in [6.45, 7) is 7.77. The second kappa shape index (κ2) is 6.30. The Morgan fingerprint density at radius 1 is 1.33 bits per heavy atom. The van der Waals surface area contributed by atoms with Gasteiger partial charge in [-0.2, -0.15) is 0 Å². The Balaban J connectivity index is 2.40. The van der Waals surface area contributed by atoms with E-state index in [-0.39, 0.29) is 11.4 Å². The minimum absolute atomic E-state index is 0.0900. The first-order chi connectivity index (χ1) is 8.28. The molecule has 102 valence electrons. The van der Waals surface area contributed by atoms with Crippen molar-refractivity contribution in [3.63, 3.8) is 0 Å². The summed E-state index contributed by atoms with van der Waals surface area (Å²) in [6.07, 6.45) is 2.10. The highest BCUT2D eigenvalue weighted by Crippen LogP contribution is 2.12. The monoisotopic (exact) mass is 252 g/mol. The molecule has 0 radical (unpaired) electrons. The average molecular weight is 252 g/mol. The van der Waals surface area contributed by atoms with Gasteiger partial charge in [0.2, 0.25) is 0 Å². The average Bonchev–Trinajstić information content (AvgIpc) is 2.21. The number of hydrogen-bond acceptors (Lipinski definition) is 2. The van der Waals surface area contributed by atoms with Crippen LogP contribution < -0.4 is 5.73 Å². The summed E-state index contributed by atoms with van der Waals surface area (Å²) in [7, 11) is 2.09. The zero-order chi connectivity index (χ0) is 13.8. The van der Waals surface area contributed by atoms with E-state index in [1.165, 1.54) is 0 Å². The van der Waals surface area contributed by atoms with Crippen molar-refractivity contribution in [1.82, 2.24) is 4.90 Å². The highest BCUT2D eigenvalue weighted by Gasteiger charge is 2.10. The molecule has 0 atom stereocenters. The Kier molecular flexibility index (Phi) is 5.29. The van der Waals surface area contributed by atoms with Gasteiger partial charge in [-0.1, -0.05) is 12.1 Å². The molecule has 0 saturated carbocycles. The molecule has 0 unspecified atom stereocenters. The Bertz CT molecular complexity index is 383. The molecule has 0 aliphatic carbocycles. The molecule has 0 amide bonds. The van der Waals surface area contributed by atoms with E-state index in [0.717, 1.165) is 31.5 Å². The fraction of sp³-hybridized carbons (Fsp3) is 0.600. The molecule has 18 heavy (non-hydrogen) atoms. The van der Waals surface area contributed by atoms with E-state index in [1.54, 1.807) is 13.0 Å². The summed E-state index contributed by atoms with van der Waals surface area (Å²) in [5, 5.41) is 0. The summed E-state index contributed by atoms with van der Waals surface area (Å²) >= 11 is 0. The summed E-state index contributed by atoms with van der Waals surface area (Å²) in [5.74, 6) is -0.133. The number of nitrogens with two attached hydrogens (primary N) is 1. The van der Waals surface area contributed by atoms with Crippen LogP contribution >= 0.6 is 0 Å². The Hall–Kier alpha value is -0.930. The number of nitrogens with zero attached hydrogens (tertiary/aromatic N) is 1. The van der Waals surface area contributed by atoms with Gasteiger partial charge in [-0.25, -0.2) is 4.39 Å². The highest BCUT2D eigenvalue weighted by molar-refractivity contribution is 5.23. The zero-order valence-electron chi connectivity index (χ0n) is 12.0. The van der Waals surface area contributed by atoms with Crippen LogP contribution in [0.4, 0.5) is 4.39 Å². The largest absolute Gasteiger partial charge is 0.326 e. The van der Waals surface area contributed by atoms with Crippen LogP contribution in [-0.4, -0.2) is 24.0 Å². The van der Waals surface area contributed by atoms with Gasteiger partial charge in [-0.3, -0.25) is 0 Å². The van der Waals surface area contributed by atoms with Gasteiger partial charge in [0.15, 0.2) is 0 Å². The van der Waals surface area contributed by atoms with Crippen molar-refractivity contribution in [2.75, 3.05) is 13.6 Å². The number of aryl methyl sites for hydroxylation is 1. The van der Waals surface area contributed by atoms with Crippen LogP contribution in [0.15, 0.2) is 18.2 Å². The van der Waals surface area contributed by atoms with Crippen LogP contribution in [0.1, 0.15) is 37.8 Å². The summed E-state index contributed by atoms with van der Waals surface area (Å²) in [4.78, 5) is 2.25. The first-order valence-corrected chi connectivity index (χ1v) is 6.50. The van der Waals surface area contributed by atoms with Crippen molar-refractivity contribution in [3.8, 4) is 0 Å². The lowest BCUT2D eigenvalue weighted by Gasteiger charge is -2.21. The second-order valence-electron chi connectivity index (χ2n) is 5.91. The van der Waals surface area contributed by atoms with E-state index in [2.05, 4.69) is 25.8 Å². The number of halogens is 1. The van der Waals surface area contributed by atoms with Crippen molar-refractivity contribution >= 4 is 0 Å². The minimum atomic E-state index is -0.133. The lowest BCUT2D eigenvalue weighted by molar-refractivity contribution is 0.303. The van der Waals surface area contributed by atoms with Crippen LogP contribution in [0.3, 0.4) is 0 Å². The van der Waals surface area contributed by atoms with Gasteiger partial charge in [-0.05, 0) is 64.4 Å². The molecule has 0 aliphatic rings. The van der Waals surface area contributed by atoms with Crippen LogP contribution in [0.2, 0.25) is 0 Å². The Labute approximate surface area is 110 Å². The number of hydrogen-bond donors (Lipinski definition) is 1. The van der Waals surface area contributed by atoms with Crippen molar-refractivity contribution in [1.29, 1.82) is 0 Å². The molecule has 1 aromatic rings. The van der Waals surface area contributed by atoms with Crippen LogP contribution in [0.5, 0.6) is 0 Å². The molecule has 0 fully saturated rings. The predicted molar refractivity (Wildman–Crippen MR) is 75.0 cm³/mol. The predicted octanol–water partition coefficient (Wildman–Crippen LogP) is 3.08. The van der Waals surface area contributed by atoms with Gasteiger partial charge in [0.05, 0.1) is 0 Å². The van der Waals surface area contributed by atoms with Gasteiger partial charge in [0.1, 0.15) is 5.82 Å². The molecule has 1 rings (SSSR count). The molecule has 0 heterocycles. The van der Waals surface area contributed by atoms with Crippen LogP contribution in [-0.2, 0) is 6.54 Å². The SMILES string of the molecule is Cc1cc(CN(C)CCCC(C)(C)N)ccc1F. The topological polar surface area (TPSA) is 29.3 Å².